The molecular formula is C9H9NO2S. The van der Waals surface area contributed by atoms with E-state index in [0.717, 1.165) is 10.2 Å². The summed E-state index contributed by atoms with van der Waals surface area (Å²) < 4.78 is 2.57. The zero-order valence-corrected chi connectivity index (χ0v) is 7.75. The zero-order valence-electron chi connectivity index (χ0n) is 6.93. The molecule has 1 heterocycles. The van der Waals surface area contributed by atoms with Crippen LogP contribution in [0.2, 0.25) is 0 Å². The second kappa shape index (κ2) is 3.32. The van der Waals surface area contributed by atoms with E-state index < -0.39 is 0 Å². The predicted octanol–water partition coefficient (Wildman–Crippen LogP) is 1.06. The Balaban J connectivity index is 2.71. The van der Waals surface area contributed by atoms with Crippen molar-refractivity contribution in [2.75, 3.05) is 6.61 Å². The van der Waals surface area contributed by atoms with Crippen LogP contribution in [0.1, 0.15) is 0 Å². The van der Waals surface area contributed by atoms with E-state index in [1.807, 2.05) is 24.3 Å². The summed E-state index contributed by atoms with van der Waals surface area (Å²) >= 11 is 1.21. The maximum Gasteiger partial charge on any atom is 0.308 e. The number of fused-ring (bicyclic) bond motifs is 1. The van der Waals surface area contributed by atoms with Crippen molar-refractivity contribution in [3.63, 3.8) is 0 Å². The molecule has 13 heavy (non-hydrogen) atoms. The van der Waals surface area contributed by atoms with E-state index in [2.05, 4.69) is 0 Å². The first-order valence-corrected chi connectivity index (χ1v) is 4.84. The van der Waals surface area contributed by atoms with Crippen molar-refractivity contribution in [3.05, 3.63) is 33.9 Å². The molecule has 0 saturated heterocycles. The van der Waals surface area contributed by atoms with E-state index in [1.165, 1.54) is 11.3 Å². The van der Waals surface area contributed by atoms with Crippen LogP contribution in [0.4, 0.5) is 0 Å². The third-order valence-electron chi connectivity index (χ3n) is 1.90. The lowest BCUT2D eigenvalue weighted by atomic mass is 10.3. The minimum atomic E-state index is -0.00440. The summed E-state index contributed by atoms with van der Waals surface area (Å²) in [6.07, 6.45) is 0. The molecule has 68 valence electrons. The van der Waals surface area contributed by atoms with Gasteiger partial charge in [-0.15, -0.1) is 0 Å². The van der Waals surface area contributed by atoms with Gasteiger partial charge in [-0.05, 0) is 12.1 Å². The Hall–Kier alpha value is -1.13. The molecule has 3 nitrogen and oxygen atoms in total. The van der Waals surface area contributed by atoms with E-state index in [-0.39, 0.29) is 11.5 Å². The molecule has 0 radical (unpaired) electrons. The lowest BCUT2D eigenvalue weighted by Gasteiger charge is -1.98. The fraction of sp³-hybridized carbons (Fsp3) is 0.222. The lowest BCUT2D eigenvalue weighted by Crippen LogP contribution is -2.14. The summed E-state index contributed by atoms with van der Waals surface area (Å²) in [6.45, 7) is 0.378. The Morgan fingerprint density at radius 2 is 2.15 bits per heavy atom. The largest absolute Gasteiger partial charge is 0.395 e. The fourth-order valence-corrected chi connectivity index (χ4v) is 2.24. The van der Waals surface area contributed by atoms with Crippen LogP contribution in [-0.2, 0) is 6.54 Å². The summed E-state index contributed by atoms with van der Waals surface area (Å²) in [5, 5.41) is 8.77. The Labute approximate surface area is 78.9 Å². The SMILES string of the molecule is O=c1sc2ccccc2n1CCO. The number of aliphatic hydroxyl groups is 1. The quantitative estimate of drug-likeness (QED) is 0.778. The van der Waals surface area contributed by atoms with Gasteiger partial charge in [0, 0.05) is 0 Å². The normalized spacial score (nSPS) is 10.8. The second-order valence-corrected chi connectivity index (χ2v) is 3.70. The predicted molar refractivity (Wildman–Crippen MR) is 53.2 cm³/mol. The highest BCUT2D eigenvalue weighted by Crippen LogP contribution is 2.15. The van der Waals surface area contributed by atoms with Gasteiger partial charge in [0.1, 0.15) is 0 Å². The van der Waals surface area contributed by atoms with E-state index in [1.54, 1.807) is 4.57 Å². The molecule has 0 aliphatic rings. The monoisotopic (exact) mass is 195 g/mol. The number of thiazole rings is 1. The molecule has 0 aliphatic heterocycles. The molecule has 0 spiro atoms. The molecule has 0 bridgehead atoms. The van der Waals surface area contributed by atoms with Crippen molar-refractivity contribution in [2.45, 2.75) is 6.54 Å². The molecule has 0 amide bonds. The minimum absolute atomic E-state index is 0.000629. The van der Waals surface area contributed by atoms with Gasteiger partial charge in [-0.3, -0.25) is 9.36 Å². The van der Waals surface area contributed by atoms with Crippen molar-refractivity contribution in [2.24, 2.45) is 0 Å². The van der Waals surface area contributed by atoms with Crippen LogP contribution in [-0.4, -0.2) is 16.3 Å². The highest BCUT2D eigenvalue weighted by atomic mass is 32.1. The number of hydrogen-bond donors (Lipinski definition) is 1. The molecule has 0 fully saturated rings. The molecule has 0 aliphatic carbocycles. The number of aromatic nitrogens is 1. The first kappa shape index (κ1) is 8.47. The standard InChI is InChI=1S/C9H9NO2S/c11-6-5-10-7-3-1-2-4-8(7)13-9(10)12/h1-4,11H,5-6H2. The van der Waals surface area contributed by atoms with Gasteiger partial charge in [0.05, 0.1) is 23.4 Å². The maximum absolute atomic E-state index is 11.4. The van der Waals surface area contributed by atoms with Gasteiger partial charge < -0.3 is 5.11 Å². The third kappa shape index (κ3) is 1.38. The zero-order chi connectivity index (χ0) is 9.26. The van der Waals surface area contributed by atoms with Crippen LogP contribution < -0.4 is 4.87 Å². The number of aliphatic hydroxyl groups excluding tert-OH is 1. The molecule has 1 aromatic heterocycles. The van der Waals surface area contributed by atoms with Crippen LogP contribution >= 0.6 is 11.3 Å². The van der Waals surface area contributed by atoms with Crippen molar-refractivity contribution >= 4 is 21.6 Å². The van der Waals surface area contributed by atoms with Gasteiger partial charge in [0.15, 0.2) is 0 Å². The summed E-state index contributed by atoms with van der Waals surface area (Å²) in [6, 6.07) is 7.60. The average Bonchev–Trinajstić information content (AvgIpc) is 2.44. The number of para-hydroxylation sites is 1. The molecule has 2 rings (SSSR count). The fourth-order valence-electron chi connectivity index (χ4n) is 1.33. The van der Waals surface area contributed by atoms with Gasteiger partial charge in [0.2, 0.25) is 0 Å². The second-order valence-electron chi connectivity index (χ2n) is 2.71. The highest BCUT2D eigenvalue weighted by Gasteiger charge is 2.04. The van der Waals surface area contributed by atoms with Crippen LogP contribution in [0, 0.1) is 0 Å². The highest BCUT2D eigenvalue weighted by molar-refractivity contribution is 7.16. The van der Waals surface area contributed by atoms with E-state index >= 15 is 0 Å². The van der Waals surface area contributed by atoms with E-state index in [0.29, 0.717) is 6.54 Å². The Bertz CT molecular complexity index is 472. The van der Waals surface area contributed by atoms with Gasteiger partial charge in [0.25, 0.3) is 0 Å². The summed E-state index contributed by atoms with van der Waals surface area (Å²) in [5.74, 6) is 0. The first-order chi connectivity index (χ1) is 6.33. The van der Waals surface area contributed by atoms with Gasteiger partial charge in [-0.1, -0.05) is 23.5 Å². The molecule has 0 saturated carbocycles. The van der Waals surface area contributed by atoms with Crippen molar-refractivity contribution in [3.8, 4) is 0 Å². The smallest absolute Gasteiger partial charge is 0.308 e. The van der Waals surface area contributed by atoms with Crippen LogP contribution in [0.5, 0.6) is 0 Å². The maximum atomic E-state index is 11.4. The van der Waals surface area contributed by atoms with E-state index in [9.17, 15) is 4.79 Å². The van der Waals surface area contributed by atoms with E-state index in [4.69, 9.17) is 5.11 Å². The molecule has 1 N–H and O–H groups in total. The van der Waals surface area contributed by atoms with Crippen molar-refractivity contribution in [1.29, 1.82) is 0 Å². The summed E-state index contributed by atoms with van der Waals surface area (Å²) in [7, 11) is 0. The number of benzene rings is 1. The molecule has 2 aromatic rings. The Morgan fingerprint density at radius 1 is 1.38 bits per heavy atom. The lowest BCUT2D eigenvalue weighted by molar-refractivity contribution is 0.277. The number of rotatable bonds is 2. The third-order valence-corrected chi connectivity index (χ3v) is 2.86. The minimum Gasteiger partial charge on any atom is -0.395 e. The number of hydrogen-bond acceptors (Lipinski definition) is 3. The number of nitrogens with zero attached hydrogens (tertiary/aromatic N) is 1. The van der Waals surface area contributed by atoms with Crippen LogP contribution in [0.15, 0.2) is 29.1 Å². The van der Waals surface area contributed by atoms with Crippen molar-refractivity contribution < 1.29 is 5.11 Å². The molecule has 0 atom stereocenters. The molecular weight excluding hydrogens is 186 g/mol. The Kier molecular flexibility index (Phi) is 2.16. The average molecular weight is 195 g/mol. The molecule has 4 heteroatoms. The molecule has 0 unspecified atom stereocenters. The molecule has 1 aromatic carbocycles. The van der Waals surface area contributed by atoms with Crippen LogP contribution in [0.25, 0.3) is 10.2 Å². The van der Waals surface area contributed by atoms with Gasteiger partial charge in [-0.2, -0.15) is 0 Å². The van der Waals surface area contributed by atoms with Gasteiger partial charge in [-0.25, -0.2) is 0 Å². The summed E-state index contributed by atoms with van der Waals surface area (Å²) in [4.78, 5) is 11.4. The Morgan fingerprint density at radius 3 is 2.92 bits per heavy atom. The van der Waals surface area contributed by atoms with Crippen molar-refractivity contribution in [1.82, 2.24) is 4.57 Å². The first-order valence-electron chi connectivity index (χ1n) is 4.02. The van der Waals surface area contributed by atoms with Gasteiger partial charge >= 0.3 is 4.87 Å². The summed E-state index contributed by atoms with van der Waals surface area (Å²) in [5.41, 5.74) is 0.909. The van der Waals surface area contributed by atoms with Crippen LogP contribution in [0.3, 0.4) is 0 Å². The topological polar surface area (TPSA) is 42.2 Å².